The van der Waals surface area contributed by atoms with Gasteiger partial charge in [0.25, 0.3) is 5.91 Å². The number of fused-ring (bicyclic) bond motifs is 1. The number of imide groups is 1. The highest BCUT2D eigenvalue weighted by atomic mass is 79.9. The average molecular weight is 592 g/mol. The molecule has 4 heterocycles. The van der Waals surface area contributed by atoms with E-state index in [1.807, 2.05) is 53.6 Å². The minimum atomic E-state index is -0.604. The van der Waals surface area contributed by atoms with Gasteiger partial charge < -0.3 is 14.7 Å². The van der Waals surface area contributed by atoms with Crippen molar-refractivity contribution in [2.45, 2.75) is 38.3 Å². The molecule has 4 aliphatic heterocycles. The average Bonchev–Trinajstić information content (AvgIpc) is 3.25. The van der Waals surface area contributed by atoms with Crippen LogP contribution in [-0.2, 0) is 16.1 Å². The van der Waals surface area contributed by atoms with E-state index in [0.29, 0.717) is 37.5 Å². The van der Waals surface area contributed by atoms with Gasteiger partial charge in [-0.05, 0) is 73.2 Å². The third kappa shape index (κ3) is 5.05. The summed E-state index contributed by atoms with van der Waals surface area (Å²) in [6.45, 7) is 3.37. The molecule has 2 fully saturated rings. The quantitative estimate of drug-likeness (QED) is 0.533. The van der Waals surface area contributed by atoms with Crippen LogP contribution in [0.25, 0.3) is 0 Å². The van der Waals surface area contributed by atoms with Crippen LogP contribution in [0.3, 0.4) is 0 Å². The zero-order chi connectivity index (χ0) is 27.1. The lowest BCUT2D eigenvalue weighted by atomic mass is 9.95. The first-order chi connectivity index (χ1) is 18.9. The van der Waals surface area contributed by atoms with E-state index in [2.05, 4.69) is 32.2 Å². The van der Waals surface area contributed by atoms with Crippen LogP contribution >= 0.6 is 15.9 Å². The van der Waals surface area contributed by atoms with E-state index >= 15 is 0 Å². The molecular weight excluding hydrogens is 562 g/mol. The van der Waals surface area contributed by atoms with Crippen molar-refractivity contribution in [3.05, 3.63) is 70.3 Å². The van der Waals surface area contributed by atoms with Gasteiger partial charge in [-0.3, -0.25) is 24.6 Å². The summed E-state index contributed by atoms with van der Waals surface area (Å²) in [4.78, 5) is 57.6. The molecule has 39 heavy (non-hydrogen) atoms. The largest absolute Gasteiger partial charge is 0.372 e. The summed E-state index contributed by atoms with van der Waals surface area (Å²) >= 11 is 3.49. The number of halogens is 1. The Hall–Kier alpha value is -3.66. The van der Waals surface area contributed by atoms with Gasteiger partial charge in [-0.1, -0.05) is 22.0 Å². The number of rotatable bonds is 5. The zero-order valence-electron chi connectivity index (χ0n) is 21.5. The van der Waals surface area contributed by atoms with E-state index in [1.54, 1.807) is 9.80 Å². The van der Waals surface area contributed by atoms with E-state index in [1.165, 1.54) is 0 Å². The molecule has 10 heteroatoms. The van der Waals surface area contributed by atoms with Crippen molar-refractivity contribution in [3.63, 3.8) is 0 Å². The second-order valence-corrected chi connectivity index (χ2v) is 11.5. The maximum Gasteiger partial charge on any atom is 0.328 e. The molecule has 2 saturated heterocycles. The normalized spacial score (nSPS) is 22.0. The molecule has 2 aromatic rings. The molecule has 4 aliphatic rings. The lowest BCUT2D eigenvalue weighted by Crippen LogP contribution is -2.52. The van der Waals surface area contributed by atoms with Crippen molar-refractivity contribution < 1.29 is 19.2 Å². The molecule has 0 aliphatic carbocycles. The molecule has 5 amide bonds. The molecule has 1 unspecified atom stereocenters. The van der Waals surface area contributed by atoms with Crippen molar-refractivity contribution in [2.75, 3.05) is 36.0 Å². The summed E-state index contributed by atoms with van der Waals surface area (Å²) in [6, 6.07) is 13.1. The Balaban J connectivity index is 1.06. The second kappa shape index (κ2) is 10.5. The Labute approximate surface area is 235 Å². The van der Waals surface area contributed by atoms with Crippen LogP contribution in [-0.4, -0.2) is 65.8 Å². The highest BCUT2D eigenvalue weighted by molar-refractivity contribution is 9.10. The Morgan fingerprint density at radius 2 is 1.77 bits per heavy atom. The van der Waals surface area contributed by atoms with Gasteiger partial charge >= 0.3 is 6.03 Å². The summed E-state index contributed by atoms with van der Waals surface area (Å²) in [5.41, 5.74) is 3.49. The lowest BCUT2D eigenvalue weighted by Gasteiger charge is -2.37. The Bertz CT molecular complexity index is 1370. The van der Waals surface area contributed by atoms with Crippen LogP contribution in [0.1, 0.15) is 41.6 Å². The zero-order valence-corrected chi connectivity index (χ0v) is 23.1. The predicted octanol–water partition coefficient (Wildman–Crippen LogP) is 3.88. The molecule has 6 rings (SSSR count). The second-order valence-electron chi connectivity index (χ2n) is 10.6. The topological polar surface area (TPSA) is 93.3 Å². The summed E-state index contributed by atoms with van der Waals surface area (Å²) < 4.78 is 0.945. The highest BCUT2D eigenvalue weighted by Gasteiger charge is 2.39. The first-order valence-corrected chi connectivity index (χ1v) is 14.2. The molecule has 1 N–H and O–H groups in total. The monoisotopic (exact) mass is 591 g/mol. The van der Waals surface area contributed by atoms with Gasteiger partial charge in [0.2, 0.25) is 11.8 Å². The fourth-order valence-corrected chi connectivity index (χ4v) is 6.37. The molecule has 0 bridgehead atoms. The Kier molecular flexibility index (Phi) is 6.88. The van der Waals surface area contributed by atoms with Gasteiger partial charge in [-0.15, -0.1) is 0 Å². The van der Waals surface area contributed by atoms with E-state index in [4.69, 9.17) is 0 Å². The third-order valence-corrected chi connectivity index (χ3v) is 8.60. The number of hydrogen-bond donors (Lipinski definition) is 1. The van der Waals surface area contributed by atoms with Gasteiger partial charge in [0, 0.05) is 66.8 Å². The summed E-state index contributed by atoms with van der Waals surface area (Å²) in [5, 5.41) is 2.35. The standard InChI is InChI=1S/C29H30BrN5O4/c30-21-3-1-4-23(16-21)34-12-2-11-33(29(34)39)17-19-9-13-32(14-10-19)22-5-6-24-20(15-22)18-35(28(24)38)25-7-8-26(36)31-27(25)37/h1-6,11,15-16,19,25H,7-10,12-14,17-18H2,(H,31,36,37). The van der Waals surface area contributed by atoms with Crippen molar-refractivity contribution in [1.29, 1.82) is 0 Å². The molecule has 0 aromatic heterocycles. The van der Waals surface area contributed by atoms with Crippen molar-refractivity contribution in [2.24, 2.45) is 5.92 Å². The van der Waals surface area contributed by atoms with Crippen LogP contribution in [0.4, 0.5) is 16.2 Å². The number of nitrogens with zero attached hydrogens (tertiary/aromatic N) is 4. The molecule has 0 spiro atoms. The maximum absolute atomic E-state index is 13.2. The first-order valence-electron chi connectivity index (χ1n) is 13.4. The van der Waals surface area contributed by atoms with Crippen molar-refractivity contribution in [1.82, 2.24) is 15.1 Å². The number of carbonyl (C=O) groups excluding carboxylic acids is 4. The van der Waals surface area contributed by atoms with Crippen LogP contribution in [0, 0.1) is 5.92 Å². The molecule has 1 atom stereocenters. The molecule has 202 valence electrons. The summed E-state index contributed by atoms with van der Waals surface area (Å²) in [6.07, 6.45) is 6.48. The number of urea groups is 1. The Morgan fingerprint density at radius 1 is 0.949 bits per heavy atom. The van der Waals surface area contributed by atoms with Crippen LogP contribution in [0.2, 0.25) is 0 Å². The van der Waals surface area contributed by atoms with Gasteiger partial charge in [-0.25, -0.2) is 4.79 Å². The fourth-order valence-electron chi connectivity index (χ4n) is 5.98. The number of piperidine rings is 2. The van der Waals surface area contributed by atoms with Crippen molar-refractivity contribution in [3.8, 4) is 0 Å². The Morgan fingerprint density at radius 3 is 2.54 bits per heavy atom. The fraction of sp³-hybridized carbons (Fsp3) is 0.379. The summed E-state index contributed by atoms with van der Waals surface area (Å²) in [7, 11) is 0. The van der Waals surface area contributed by atoms with E-state index in [9.17, 15) is 19.2 Å². The van der Waals surface area contributed by atoms with Crippen molar-refractivity contribution >= 4 is 51.1 Å². The van der Waals surface area contributed by atoms with Crippen LogP contribution < -0.4 is 15.1 Å². The lowest BCUT2D eigenvalue weighted by molar-refractivity contribution is -0.136. The smallest absolute Gasteiger partial charge is 0.328 e. The minimum absolute atomic E-state index is 0.00175. The van der Waals surface area contributed by atoms with E-state index in [0.717, 1.165) is 47.3 Å². The number of nitrogens with one attached hydrogen (secondary N) is 1. The predicted molar refractivity (Wildman–Crippen MR) is 150 cm³/mol. The highest BCUT2D eigenvalue weighted by Crippen LogP contribution is 2.32. The van der Waals surface area contributed by atoms with Gasteiger partial charge in [0.1, 0.15) is 6.04 Å². The number of hydrogen-bond acceptors (Lipinski definition) is 5. The van der Waals surface area contributed by atoms with Gasteiger partial charge in [0.15, 0.2) is 0 Å². The number of carbonyl (C=O) groups is 4. The number of anilines is 2. The third-order valence-electron chi connectivity index (χ3n) is 8.11. The minimum Gasteiger partial charge on any atom is -0.372 e. The maximum atomic E-state index is 13.2. The van der Waals surface area contributed by atoms with Gasteiger partial charge in [-0.2, -0.15) is 0 Å². The SMILES string of the molecule is O=C1CCC(N2Cc3cc(N4CCC(CN5C=CCN(c6cccc(Br)c6)C5=O)CC4)ccc3C2=O)C(=O)N1. The van der Waals surface area contributed by atoms with E-state index in [-0.39, 0.29) is 24.3 Å². The molecule has 0 saturated carbocycles. The van der Waals surface area contributed by atoms with Crippen LogP contribution in [0.15, 0.2) is 59.2 Å². The first kappa shape index (κ1) is 25.6. The number of benzene rings is 2. The number of amides is 5. The van der Waals surface area contributed by atoms with Crippen LogP contribution in [0.5, 0.6) is 0 Å². The molecule has 0 radical (unpaired) electrons. The summed E-state index contributed by atoms with van der Waals surface area (Å²) in [5.74, 6) is -0.428. The van der Waals surface area contributed by atoms with Gasteiger partial charge in [0.05, 0.1) is 0 Å². The molecule has 9 nitrogen and oxygen atoms in total. The molecule has 2 aromatic carbocycles. The van der Waals surface area contributed by atoms with E-state index < -0.39 is 11.9 Å². The molecular formula is C29H30BrN5O4.